The number of carboxylic acid groups (broad SMARTS) is 2. The molecule has 0 aliphatic carbocycles. The van der Waals surface area contributed by atoms with Crippen LogP contribution >= 0.6 is 15.8 Å². The van der Waals surface area contributed by atoms with Crippen LogP contribution in [0.3, 0.4) is 0 Å². The number of aliphatic carboxylic acids is 2. The summed E-state index contributed by atoms with van der Waals surface area (Å²) < 4.78 is 0. The summed E-state index contributed by atoms with van der Waals surface area (Å²) in [4.78, 5) is 60.0. The van der Waals surface area contributed by atoms with E-state index >= 15 is 0 Å². The van der Waals surface area contributed by atoms with E-state index in [1.54, 1.807) is 0 Å². The van der Waals surface area contributed by atoms with Crippen LogP contribution in [0.15, 0.2) is 109 Å². The van der Waals surface area contributed by atoms with Gasteiger partial charge < -0.3 is 29.7 Å². The number of nitrogens with one attached hydrogen (secondary N) is 2. The lowest BCUT2D eigenvalue weighted by atomic mass is 10.1. The maximum Gasteiger partial charge on any atom is 0.325 e. The van der Waals surface area contributed by atoms with Gasteiger partial charge in [-0.05, 0) is 74.7 Å². The summed E-state index contributed by atoms with van der Waals surface area (Å²) in [7, 11) is -1.30. The van der Waals surface area contributed by atoms with Gasteiger partial charge in [0.05, 0.1) is 12.8 Å². The van der Waals surface area contributed by atoms with Gasteiger partial charge in [-0.15, -0.1) is 11.0 Å². The van der Waals surface area contributed by atoms with Crippen LogP contribution < -0.4 is 31.4 Å². The molecular weight excluding hydrogens is 702 g/mol. The number of hydroxylamine groups is 2. The first-order chi connectivity index (χ1) is 25.2. The molecule has 0 atom stereocenters. The van der Waals surface area contributed by atoms with Gasteiger partial charge >= 0.3 is 23.9 Å². The lowest BCUT2D eigenvalue weighted by molar-refractivity contribution is -0.155. The molecule has 4 aromatic rings. The minimum atomic E-state index is -1.11. The number of rotatable bonds is 16. The molecule has 0 spiro atoms. The molecule has 0 radical (unpaired) electrons. The van der Waals surface area contributed by atoms with E-state index in [-0.39, 0.29) is 12.8 Å². The largest absolute Gasteiger partial charge is 0.480 e. The highest BCUT2D eigenvalue weighted by molar-refractivity contribution is 7.67. The summed E-state index contributed by atoms with van der Waals surface area (Å²) in [6.45, 7) is -0.899. The van der Waals surface area contributed by atoms with Gasteiger partial charge in [0.1, 0.15) is 13.1 Å². The van der Waals surface area contributed by atoms with Crippen molar-refractivity contribution < 1.29 is 39.1 Å². The number of carboxylic acids is 2. The van der Waals surface area contributed by atoms with Crippen LogP contribution in [0.1, 0.15) is 24.0 Å². The van der Waals surface area contributed by atoms with Crippen molar-refractivity contribution in [2.45, 2.75) is 25.7 Å². The summed E-state index contributed by atoms with van der Waals surface area (Å²) in [5, 5.41) is 20.1. The molecule has 0 amide bonds. The second kappa shape index (κ2) is 19.7. The van der Waals surface area contributed by atoms with Gasteiger partial charge in [0.15, 0.2) is 0 Å². The van der Waals surface area contributed by atoms with Crippen molar-refractivity contribution in [3.05, 3.63) is 120 Å². The SMILES string of the molecule is O=C(O)CNOC(=O)CCc1ccc(N2CP(c3ccccc3)CN(c3ccc(CCC(=O)ONCC(=O)O)cc3)CP(c3ccccc3)C2)cc1. The van der Waals surface area contributed by atoms with Crippen molar-refractivity contribution in [2.75, 3.05) is 48.0 Å². The quantitative estimate of drug-likeness (QED) is 0.0937. The van der Waals surface area contributed by atoms with Crippen molar-refractivity contribution in [2.24, 2.45) is 0 Å². The number of hydrogen-bond acceptors (Lipinski definition) is 10. The van der Waals surface area contributed by atoms with Crippen molar-refractivity contribution in [1.82, 2.24) is 11.0 Å². The summed E-state index contributed by atoms with van der Waals surface area (Å²) in [6.07, 6.45) is 4.65. The first kappa shape index (κ1) is 38.4. The molecule has 14 heteroatoms. The topological polar surface area (TPSA) is 158 Å². The molecule has 0 aromatic heterocycles. The Kier molecular flexibility index (Phi) is 14.5. The van der Waals surface area contributed by atoms with Gasteiger partial charge in [-0.2, -0.15) is 0 Å². The monoisotopic (exact) mass is 744 g/mol. The van der Waals surface area contributed by atoms with E-state index in [1.165, 1.54) is 10.6 Å². The highest BCUT2D eigenvalue weighted by Crippen LogP contribution is 2.47. The Hall–Kier alpha value is -4.86. The molecule has 12 nitrogen and oxygen atoms in total. The third-order valence-corrected chi connectivity index (χ3v) is 13.1. The fourth-order valence-corrected chi connectivity index (χ4v) is 10.7. The van der Waals surface area contributed by atoms with Crippen molar-refractivity contribution in [3.63, 3.8) is 0 Å². The number of benzene rings is 4. The average Bonchev–Trinajstić information content (AvgIpc) is 3.14. The van der Waals surface area contributed by atoms with Gasteiger partial charge in [-0.1, -0.05) is 84.9 Å². The predicted octanol–water partition coefficient (Wildman–Crippen LogP) is 4.59. The lowest BCUT2D eigenvalue weighted by Gasteiger charge is -2.41. The summed E-state index contributed by atoms with van der Waals surface area (Å²) in [5.41, 5.74) is 8.55. The van der Waals surface area contributed by atoms with E-state index in [0.29, 0.717) is 12.8 Å². The Morgan fingerprint density at radius 1 is 0.538 bits per heavy atom. The lowest BCUT2D eigenvalue weighted by Crippen LogP contribution is -2.38. The highest BCUT2D eigenvalue weighted by Gasteiger charge is 2.28. The average molecular weight is 745 g/mol. The molecule has 52 heavy (non-hydrogen) atoms. The van der Waals surface area contributed by atoms with Crippen LogP contribution in [0.5, 0.6) is 0 Å². The molecule has 272 valence electrons. The number of aryl methyl sites for hydroxylation is 2. The number of nitrogens with zero attached hydrogens (tertiary/aromatic N) is 2. The molecule has 1 aliphatic heterocycles. The maximum absolute atomic E-state index is 12.1. The fourth-order valence-electron chi connectivity index (χ4n) is 5.63. The summed E-state index contributed by atoms with van der Waals surface area (Å²) in [6, 6.07) is 38.0. The Morgan fingerprint density at radius 2 is 0.885 bits per heavy atom. The smallest absolute Gasteiger partial charge is 0.325 e. The molecule has 4 aromatic carbocycles. The minimum Gasteiger partial charge on any atom is -0.480 e. The number of anilines is 2. The predicted molar refractivity (Wildman–Crippen MR) is 203 cm³/mol. The van der Waals surface area contributed by atoms with Gasteiger partial charge in [-0.25, -0.2) is 0 Å². The Labute approximate surface area is 305 Å². The molecule has 0 saturated carbocycles. The Bertz CT molecular complexity index is 1620. The van der Waals surface area contributed by atoms with Crippen LogP contribution in [-0.2, 0) is 41.7 Å². The number of hydrogen-bond donors (Lipinski definition) is 4. The fraction of sp³-hybridized carbons (Fsp3) is 0.263. The molecule has 1 aliphatic rings. The molecule has 1 saturated heterocycles. The molecular formula is C38H42N4O8P2. The van der Waals surface area contributed by atoms with E-state index in [1.807, 2.05) is 36.4 Å². The zero-order chi connectivity index (χ0) is 36.7. The van der Waals surface area contributed by atoms with Crippen LogP contribution in [0.25, 0.3) is 0 Å². The zero-order valence-electron chi connectivity index (χ0n) is 28.6. The third kappa shape index (κ3) is 12.1. The molecule has 0 bridgehead atoms. The van der Waals surface area contributed by atoms with E-state index in [2.05, 4.69) is 93.6 Å². The Morgan fingerprint density at radius 3 is 1.21 bits per heavy atom. The number of carbonyl (C=O) groups excluding carboxylic acids is 2. The molecule has 1 fully saturated rings. The van der Waals surface area contributed by atoms with E-state index in [0.717, 1.165) is 47.6 Å². The van der Waals surface area contributed by atoms with Gasteiger partial charge in [0, 0.05) is 36.5 Å². The summed E-state index contributed by atoms with van der Waals surface area (Å²) in [5.74, 6) is -3.23. The van der Waals surface area contributed by atoms with Crippen LogP contribution in [0.4, 0.5) is 11.4 Å². The molecule has 5 rings (SSSR count). The normalized spacial score (nSPS) is 16.0. The minimum absolute atomic E-state index is 0.129. The van der Waals surface area contributed by atoms with Crippen molar-refractivity contribution in [1.29, 1.82) is 0 Å². The Balaban J connectivity index is 1.33. The van der Waals surface area contributed by atoms with E-state index in [9.17, 15) is 19.2 Å². The number of carbonyl (C=O) groups is 4. The molecule has 1 heterocycles. The van der Waals surface area contributed by atoms with Crippen LogP contribution in [-0.4, -0.2) is 72.3 Å². The van der Waals surface area contributed by atoms with E-state index < -0.39 is 52.8 Å². The standard InChI is InChI=1S/C38H42N4O8P2/c43-35(44)23-39-49-37(47)21-15-29-11-17-31(18-12-29)41-25-51(33-7-3-1-4-8-33)26-42(28-52(27-41)34-9-5-2-6-10-34)32-19-13-30(14-20-32)16-22-38(48)50-40-24-36(45)46/h1-14,17-20,39-40H,15-16,21-28H2,(H,43,44)(H,45,46). The second-order valence-corrected chi connectivity index (χ2v) is 16.4. The van der Waals surface area contributed by atoms with Crippen molar-refractivity contribution >= 4 is 61.7 Å². The molecule has 0 unspecified atom stereocenters. The first-order valence-electron chi connectivity index (χ1n) is 16.8. The van der Waals surface area contributed by atoms with Gasteiger partial charge in [-0.3, -0.25) is 19.2 Å². The van der Waals surface area contributed by atoms with Gasteiger partial charge in [0.2, 0.25) is 0 Å². The zero-order valence-corrected chi connectivity index (χ0v) is 30.4. The summed E-state index contributed by atoms with van der Waals surface area (Å²) >= 11 is 0. The van der Waals surface area contributed by atoms with Crippen LogP contribution in [0, 0.1) is 0 Å². The van der Waals surface area contributed by atoms with Gasteiger partial charge in [0.25, 0.3) is 0 Å². The van der Waals surface area contributed by atoms with Crippen molar-refractivity contribution in [3.8, 4) is 0 Å². The second-order valence-electron chi connectivity index (χ2n) is 12.1. The first-order valence-corrected chi connectivity index (χ1v) is 20.2. The highest BCUT2D eigenvalue weighted by atomic mass is 31.1. The van der Waals surface area contributed by atoms with E-state index in [4.69, 9.17) is 19.9 Å². The van der Waals surface area contributed by atoms with Crippen LogP contribution in [0.2, 0.25) is 0 Å². The third-order valence-electron chi connectivity index (χ3n) is 8.27. The molecule has 4 N–H and O–H groups in total. The maximum atomic E-state index is 12.1.